The maximum Gasteiger partial charge on any atom is 0.334 e. The van der Waals surface area contributed by atoms with Gasteiger partial charge in [-0.25, -0.2) is 10.2 Å². The number of amides is 4. The Hall–Kier alpha value is -2.61. The highest BCUT2D eigenvalue weighted by molar-refractivity contribution is 5.87. The van der Waals surface area contributed by atoms with Crippen LogP contribution in [0.3, 0.4) is 0 Å². The molecule has 0 fully saturated rings. The lowest BCUT2D eigenvalue weighted by Gasteiger charge is -2.16. The van der Waals surface area contributed by atoms with Crippen molar-refractivity contribution < 1.29 is 14.4 Å². The van der Waals surface area contributed by atoms with Crippen LogP contribution in [0.25, 0.3) is 0 Å². The van der Waals surface area contributed by atoms with Gasteiger partial charge in [0.15, 0.2) is 0 Å². The van der Waals surface area contributed by atoms with Crippen molar-refractivity contribution in [3.63, 3.8) is 0 Å². The lowest BCUT2D eigenvalue weighted by molar-refractivity contribution is -0.120. The standard InChI is InChI=1S/C12H17N5O3/c13-7-10(18)16-17-12(20)15-9(11(14)19)6-8-4-2-1-3-5-8/h1-5,9H,6-7,13H2,(H2,14,19)(H,16,18)(H2,15,17,20)/t9-/m0/s1. The molecule has 7 N–H and O–H groups in total. The molecule has 0 heterocycles. The number of hydrogen-bond acceptors (Lipinski definition) is 4. The van der Waals surface area contributed by atoms with E-state index in [1.165, 1.54) is 0 Å². The van der Waals surface area contributed by atoms with E-state index in [0.29, 0.717) is 0 Å². The Balaban J connectivity index is 2.53. The third kappa shape index (κ3) is 5.36. The molecule has 0 bridgehead atoms. The Bertz CT molecular complexity index is 477. The Morgan fingerprint density at radius 1 is 1.10 bits per heavy atom. The molecule has 8 heteroatoms. The fourth-order valence-electron chi connectivity index (χ4n) is 1.44. The van der Waals surface area contributed by atoms with Crippen LogP contribution < -0.4 is 27.6 Å². The fraction of sp³-hybridized carbons (Fsp3) is 0.250. The van der Waals surface area contributed by atoms with E-state index >= 15 is 0 Å². The molecule has 0 aliphatic rings. The van der Waals surface area contributed by atoms with Gasteiger partial charge in [0.2, 0.25) is 5.91 Å². The Labute approximate surface area is 115 Å². The summed E-state index contributed by atoms with van der Waals surface area (Å²) in [5, 5.41) is 2.36. The third-order valence-electron chi connectivity index (χ3n) is 2.43. The number of benzene rings is 1. The molecule has 0 aliphatic carbocycles. The SMILES string of the molecule is NCC(=O)NNC(=O)N[C@@H](Cc1ccccc1)C(N)=O. The molecular weight excluding hydrogens is 262 g/mol. The number of carbonyl (C=O) groups is 3. The van der Waals surface area contributed by atoms with Crippen LogP contribution in [-0.2, 0) is 16.0 Å². The molecule has 1 aromatic carbocycles. The van der Waals surface area contributed by atoms with Crippen molar-refractivity contribution in [2.75, 3.05) is 6.54 Å². The molecule has 0 unspecified atom stereocenters. The van der Waals surface area contributed by atoms with E-state index in [4.69, 9.17) is 11.5 Å². The minimum Gasteiger partial charge on any atom is -0.368 e. The summed E-state index contributed by atoms with van der Waals surface area (Å²) in [5.41, 5.74) is 15.3. The van der Waals surface area contributed by atoms with Gasteiger partial charge >= 0.3 is 6.03 Å². The zero-order valence-electron chi connectivity index (χ0n) is 10.8. The molecule has 108 valence electrons. The number of nitrogens with one attached hydrogen (secondary N) is 3. The highest BCUT2D eigenvalue weighted by atomic mass is 16.2. The van der Waals surface area contributed by atoms with Gasteiger partial charge < -0.3 is 16.8 Å². The van der Waals surface area contributed by atoms with Crippen molar-refractivity contribution in [2.45, 2.75) is 12.5 Å². The predicted molar refractivity (Wildman–Crippen MR) is 72.0 cm³/mol. The van der Waals surface area contributed by atoms with Crippen LogP contribution in [0, 0.1) is 0 Å². The fourth-order valence-corrected chi connectivity index (χ4v) is 1.44. The van der Waals surface area contributed by atoms with Gasteiger partial charge in [-0.15, -0.1) is 0 Å². The molecule has 0 aliphatic heterocycles. The first-order chi connectivity index (χ1) is 9.52. The van der Waals surface area contributed by atoms with Gasteiger partial charge in [0.25, 0.3) is 5.91 Å². The molecule has 20 heavy (non-hydrogen) atoms. The second kappa shape index (κ2) is 7.74. The van der Waals surface area contributed by atoms with Gasteiger partial charge in [-0.3, -0.25) is 15.0 Å². The first-order valence-corrected chi connectivity index (χ1v) is 5.91. The van der Waals surface area contributed by atoms with Crippen LogP contribution in [0.15, 0.2) is 30.3 Å². The maximum absolute atomic E-state index is 11.5. The second-order valence-corrected chi connectivity index (χ2v) is 4.00. The molecule has 1 aromatic rings. The second-order valence-electron chi connectivity index (χ2n) is 4.00. The summed E-state index contributed by atoms with van der Waals surface area (Å²) in [6, 6.07) is 7.46. The van der Waals surface area contributed by atoms with E-state index in [9.17, 15) is 14.4 Å². The first kappa shape index (κ1) is 15.4. The molecule has 0 saturated heterocycles. The number of nitrogens with two attached hydrogens (primary N) is 2. The van der Waals surface area contributed by atoms with E-state index in [0.717, 1.165) is 5.56 Å². The summed E-state index contributed by atoms with van der Waals surface area (Å²) in [5.74, 6) is -1.23. The lowest BCUT2D eigenvalue weighted by atomic mass is 10.1. The van der Waals surface area contributed by atoms with Crippen molar-refractivity contribution in [1.29, 1.82) is 0 Å². The van der Waals surface area contributed by atoms with E-state index in [-0.39, 0.29) is 13.0 Å². The summed E-state index contributed by atoms with van der Waals surface area (Å²) >= 11 is 0. The van der Waals surface area contributed by atoms with Crippen LogP contribution in [0.1, 0.15) is 5.56 Å². The largest absolute Gasteiger partial charge is 0.368 e. The number of primary amides is 1. The molecule has 4 amide bonds. The Kier molecular flexibility index (Phi) is 5.98. The highest BCUT2D eigenvalue weighted by Gasteiger charge is 2.18. The monoisotopic (exact) mass is 279 g/mol. The quantitative estimate of drug-likeness (QED) is 0.413. The van der Waals surface area contributed by atoms with Crippen LogP contribution in [-0.4, -0.2) is 30.4 Å². The first-order valence-electron chi connectivity index (χ1n) is 5.91. The van der Waals surface area contributed by atoms with E-state index < -0.39 is 23.9 Å². The van der Waals surface area contributed by atoms with Gasteiger partial charge in [0, 0.05) is 6.42 Å². The molecule has 1 rings (SSSR count). The topological polar surface area (TPSA) is 139 Å². The van der Waals surface area contributed by atoms with Gasteiger partial charge in [-0.05, 0) is 5.56 Å². The summed E-state index contributed by atoms with van der Waals surface area (Å²) in [4.78, 5) is 33.6. The number of urea groups is 1. The van der Waals surface area contributed by atoms with Gasteiger partial charge in [-0.2, -0.15) is 0 Å². The van der Waals surface area contributed by atoms with Crippen LogP contribution in [0.4, 0.5) is 4.79 Å². The van der Waals surface area contributed by atoms with Crippen LogP contribution in [0.5, 0.6) is 0 Å². The van der Waals surface area contributed by atoms with Crippen molar-refractivity contribution >= 4 is 17.8 Å². The zero-order chi connectivity index (χ0) is 15.0. The highest BCUT2D eigenvalue weighted by Crippen LogP contribution is 2.02. The molecule has 1 atom stereocenters. The number of rotatable bonds is 5. The Morgan fingerprint density at radius 2 is 1.75 bits per heavy atom. The van der Waals surface area contributed by atoms with E-state index in [1.807, 2.05) is 30.3 Å². The molecule has 0 radical (unpaired) electrons. The van der Waals surface area contributed by atoms with E-state index in [2.05, 4.69) is 16.2 Å². The van der Waals surface area contributed by atoms with Crippen molar-refractivity contribution in [2.24, 2.45) is 11.5 Å². The van der Waals surface area contributed by atoms with Gasteiger partial charge in [-0.1, -0.05) is 30.3 Å². The van der Waals surface area contributed by atoms with E-state index in [1.54, 1.807) is 0 Å². The Morgan fingerprint density at radius 3 is 2.30 bits per heavy atom. The number of hydrogen-bond donors (Lipinski definition) is 5. The number of carbonyl (C=O) groups excluding carboxylic acids is 3. The molecule has 0 spiro atoms. The van der Waals surface area contributed by atoms with Gasteiger partial charge in [0.1, 0.15) is 6.04 Å². The predicted octanol–water partition coefficient (Wildman–Crippen LogP) is -1.63. The smallest absolute Gasteiger partial charge is 0.334 e. The van der Waals surface area contributed by atoms with Crippen molar-refractivity contribution in [1.82, 2.24) is 16.2 Å². The molecule has 0 aromatic heterocycles. The van der Waals surface area contributed by atoms with Crippen LogP contribution in [0.2, 0.25) is 0 Å². The zero-order valence-corrected chi connectivity index (χ0v) is 10.8. The third-order valence-corrected chi connectivity index (χ3v) is 2.43. The van der Waals surface area contributed by atoms with Crippen molar-refractivity contribution in [3.8, 4) is 0 Å². The minimum atomic E-state index is -0.882. The minimum absolute atomic E-state index is 0.258. The summed E-state index contributed by atoms with van der Waals surface area (Å²) in [6.45, 7) is -0.260. The maximum atomic E-state index is 11.5. The summed E-state index contributed by atoms with van der Waals surface area (Å²) in [6.07, 6.45) is 0.258. The van der Waals surface area contributed by atoms with Crippen molar-refractivity contribution in [3.05, 3.63) is 35.9 Å². The normalized spacial score (nSPS) is 11.2. The summed E-state index contributed by atoms with van der Waals surface area (Å²) in [7, 11) is 0. The number of hydrazine groups is 1. The average molecular weight is 279 g/mol. The summed E-state index contributed by atoms with van der Waals surface area (Å²) < 4.78 is 0. The van der Waals surface area contributed by atoms with Gasteiger partial charge in [0.05, 0.1) is 6.54 Å². The molecular formula is C12H17N5O3. The van der Waals surface area contributed by atoms with Crippen LogP contribution >= 0.6 is 0 Å². The lowest BCUT2D eigenvalue weighted by Crippen LogP contribution is -2.54. The average Bonchev–Trinajstić information content (AvgIpc) is 2.45. The molecule has 0 saturated carbocycles. The molecule has 8 nitrogen and oxygen atoms in total.